The zero-order valence-electron chi connectivity index (χ0n) is 11.9. The Morgan fingerprint density at radius 2 is 2.11 bits per heavy atom. The molecule has 0 aliphatic rings. The summed E-state index contributed by atoms with van der Waals surface area (Å²) in [7, 11) is 1.95. The maximum Gasteiger partial charge on any atom is 0.309 e. The SMILES string of the molecule is CCc1cccc2c1nc(CC(C)(C)C(=O)O)n2C. The van der Waals surface area contributed by atoms with Crippen LogP contribution in [-0.4, -0.2) is 20.6 Å². The lowest BCUT2D eigenvalue weighted by atomic mass is 9.89. The van der Waals surface area contributed by atoms with E-state index in [9.17, 15) is 9.90 Å². The molecule has 1 heterocycles. The van der Waals surface area contributed by atoms with Gasteiger partial charge in [0.05, 0.1) is 16.4 Å². The molecule has 0 unspecified atom stereocenters. The zero-order chi connectivity index (χ0) is 14.2. The Morgan fingerprint density at radius 3 is 2.68 bits per heavy atom. The number of nitrogens with zero attached hydrogens (tertiary/aromatic N) is 2. The zero-order valence-corrected chi connectivity index (χ0v) is 11.9. The Hall–Kier alpha value is -1.84. The molecule has 1 aromatic carbocycles. The third-order valence-electron chi connectivity index (χ3n) is 3.65. The van der Waals surface area contributed by atoms with E-state index < -0.39 is 11.4 Å². The fraction of sp³-hybridized carbons (Fsp3) is 0.467. The summed E-state index contributed by atoms with van der Waals surface area (Å²) in [5.74, 6) is 0.0265. The standard InChI is InChI=1S/C15H20N2O2/c1-5-10-7-6-8-11-13(10)16-12(17(11)4)9-15(2,3)14(18)19/h6-8H,5,9H2,1-4H3,(H,18,19). The second kappa shape index (κ2) is 4.68. The van der Waals surface area contributed by atoms with Crippen LogP contribution in [0.5, 0.6) is 0 Å². The summed E-state index contributed by atoms with van der Waals surface area (Å²) in [6.07, 6.45) is 1.35. The number of hydrogen-bond acceptors (Lipinski definition) is 2. The monoisotopic (exact) mass is 260 g/mol. The number of benzene rings is 1. The second-order valence-electron chi connectivity index (χ2n) is 5.59. The third-order valence-corrected chi connectivity index (χ3v) is 3.65. The van der Waals surface area contributed by atoms with Gasteiger partial charge in [-0.15, -0.1) is 0 Å². The molecular weight excluding hydrogens is 240 g/mol. The molecule has 0 radical (unpaired) electrons. The lowest BCUT2D eigenvalue weighted by Crippen LogP contribution is -2.27. The van der Waals surface area contributed by atoms with Crippen LogP contribution in [0.2, 0.25) is 0 Å². The van der Waals surface area contributed by atoms with Gasteiger partial charge in [-0.2, -0.15) is 0 Å². The first-order valence-corrected chi connectivity index (χ1v) is 6.53. The number of carboxylic acid groups (broad SMARTS) is 1. The molecule has 0 fully saturated rings. The first kappa shape index (κ1) is 13.6. The molecule has 19 heavy (non-hydrogen) atoms. The number of aryl methyl sites for hydroxylation is 2. The molecule has 0 spiro atoms. The van der Waals surface area contributed by atoms with Gasteiger partial charge in [0.1, 0.15) is 5.82 Å². The van der Waals surface area contributed by atoms with E-state index in [1.165, 1.54) is 5.56 Å². The number of para-hydroxylation sites is 1. The van der Waals surface area contributed by atoms with Crippen molar-refractivity contribution in [1.29, 1.82) is 0 Å². The van der Waals surface area contributed by atoms with E-state index in [2.05, 4.69) is 18.0 Å². The second-order valence-corrected chi connectivity index (χ2v) is 5.59. The molecular formula is C15H20N2O2. The molecule has 0 aliphatic carbocycles. The highest BCUT2D eigenvalue weighted by Crippen LogP contribution is 2.25. The van der Waals surface area contributed by atoms with Gasteiger partial charge in [-0.25, -0.2) is 4.98 Å². The van der Waals surface area contributed by atoms with Crippen LogP contribution < -0.4 is 0 Å². The van der Waals surface area contributed by atoms with Gasteiger partial charge < -0.3 is 9.67 Å². The summed E-state index contributed by atoms with van der Waals surface area (Å²) in [5.41, 5.74) is 2.45. The molecule has 4 heteroatoms. The maximum absolute atomic E-state index is 11.2. The number of aliphatic carboxylic acids is 1. The van der Waals surface area contributed by atoms with Gasteiger partial charge in [0.25, 0.3) is 0 Å². The van der Waals surface area contributed by atoms with Crippen LogP contribution in [0.1, 0.15) is 32.2 Å². The average Bonchev–Trinajstić information content (AvgIpc) is 2.66. The van der Waals surface area contributed by atoms with Gasteiger partial charge in [-0.3, -0.25) is 4.79 Å². The number of aromatic nitrogens is 2. The summed E-state index contributed by atoms with van der Waals surface area (Å²) in [6.45, 7) is 5.56. The Bertz CT molecular complexity index is 626. The molecule has 0 aliphatic heterocycles. The van der Waals surface area contributed by atoms with Crippen LogP contribution in [0, 0.1) is 5.41 Å². The van der Waals surface area contributed by atoms with Crippen molar-refractivity contribution in [3.8, 4) is 0 Å². The van der Waals surface area contributed by atoms with E-state index in [1.807, 2.05) is 23.7 Å². The number of carboxylic acids is 1. The Balaban J connectivity index is 2.51. The summed E-state index contributed by atoms with van der Waals surface area (Å²) >= 11 is 0. The smallest absolute Gasteiger partial charge is 0.309 e. The molecule has 2 rings (SSSR count). The Kier molecular flexibility index (Phi) is 3.35. The molecule has 102 valence electrons. The first-order valence-electron chi connectivity index (χ1n) is 6.53. The van der Waals surface area contributed by atoms with Gasteiger partial charge in [0.15, 0.2) is 0 Å². The van der Waals surface area contributed by atoms with Gasteiger partial charge in [-0.05, 0) is 31.9 Å². The van der Waals surface area contributed by atoms with Crippen molar-refractivity contribution < 1.29 is 9.90 Å². The largest absolute Gasteiger partial charge is 0.481 e. The number of carbonyl (C=O) groups is 1. The molecule has 0 bridgehead atoms. The fourth-order valence-electron chi connectivity index (χ4n) is 2.23. The Morgan fingerprint density at radius 1 is 1.42 bits per heavy atom. The molecule has 1 N–H and O–H groups in total. The molecule has 0 atom stereocenters. The van der Waals surface area contributed by atoms with Crippen LogP contribution in [-0.2, 0) is 24.7 Å². The minimum absolute atomic E-state index is 0.427. The van der Waals surface area contributed by atoms with Crippen LogP contribution in [0.4, 0.5) is 0 Å². The molecule has 0 saturated heterocycles. The summed E-state index contributed by atoms with van der Waals surface area (Å²) in [4.78, 5) is 15.9. The van der Waals surface area contributed by atoms with Crippen molar-refractivity contribution in [3.05, 3.63) is 29.6 Å². The van der Waals surface area contributed by atoms with Crippen LogP contribution in [0.3, 0.4) is 0 Å². The molecule has 0 saturated carbocycles. The van der Waals surface area contributed by atoms with Gasteiger partial charge in [0.2, 0.25) is 0 Å². The van der Waals surface area contributed by atoms with Crippen LogP contribution >= 0.6 is 0 Å². The van der Waals surface area contributed by atoms with Crippen LogP contribution in [0.15, 0.2) is 18.2 Å². The van der Waals surface area contributed by atoms with Gasteiger partial charge >= 0.3 is 5.97 Å². The number of rotatable bonds is 4. The lowest BCUT2D eigenvalue weighted by Gasteiger charge is -2.18. The molecule has 0 amide bonds. The Labute approximate surface area is 113 Å². The van der Waals surface area contributed by atoms with Crippen LogP contribution in [0.25, 0.3) is 11.0 Å². The fourth-order valence-corrected chi connectivity index (χ4v) is 2.23. The highest BCUT2D eigenvalue weighted by Gasteiger charge is 2.29. The highest BCUT2D eigenvalue weighted by atomic mass is 16.4. The van der Waals surface area contributed by atoms with Crippen molar-refractivity contribution >= 4 is 17.0 Å². The normalized spacial score (nSPS) is 12.0. The predicted molar refractivity (Wildman–Crippen MR) is 75.2 cm³/mol. The highest BCUT2D eigenvalue weighted by molar-refractivity contribution is 5.80. The van der Waals surface area contributed by atoms with E-state index in [4.69, 9.17) is 0 Å². The van der Waals surface area contributed by atoms with Gasteiger partial charge in [-0.1, -0.05) is 19.1 Å². The first-order chi connectivity index (χ1) is 8.86. The van der Waals surface area contributed by atoms with E-state index >= 15 is 0 Å². The van der Waals surface area contributed by atoms with Crippen molar-refractivity contribution in [3.63, 3.8) is 0 Å². The van der Waals surface area contributed by atoms with E-state index in [1.54, 1.807) is 13.8 Å². The quantitative estimate of drug-likeness (QED) is 0.919. The topological polar surface area (TPSA) is 55.1 Å². The molecule has 1 aromatic heterocycles. The number of hydrogen-bond donors (Lipinski definition) is 1. The minimum Gasteiger partial charge on any atom is -0.481 e. The minimum atomic E-state index is -0.804. The number of fused-ring (bicyclic) bond motifs is 1. The average molecular weight is 260 g/mol. The lowest BCUT2D eigenvalue weighted by molar-refractivity contribution is -0.146. The molecule has 2 aromatic rings. The summed E-state index contributed by atoms with van der Waals surface area (Å²) in [6, 6.07) is 6.12. The van der Waals surface area contributed by atoms with Gasteiger partial charge in [0, 0.05) is 13.5 Å². The number of imidazole rings is 1. The van der Waals surface area contributed by atoms with E-state index in [0.717, 1.165) is 23.3 Å². The van der Waals surface area contributed by atoms with Crippen molar-refractivity contribution in [2.24, 2.45) is 12.5 Å². The van der Waals surface area contributed by atoms with E-state index in [-0.39, 0.29) is 0 Å². The van der Waals surface area contributed by atoms with Crippen molar-refractivity contribution in [2.45, 2.75) is 33.6 Å². The summed E-state index contributed by atoms with van der Waals surface area (Å²) in [5, 5.41) is 9.23. The third kappa shape index (κ3) is 2.35. The van der Waals surface area contributed by atoms with Crippen molar-refractivity contribution in [1.82, 2.24) is 9.55 Å². The predicted octanol–water partition coefficient (Wildman–Crippen LogP) is 2.79. The summed E-state index contributed by atoms with van der Waals surface area (Å²) < 4.78 is 2.00. The van der Waals surface area contributed by atoms with E-state index in [0.29, 0.717) is 6.42 Å². The van der Waals surface area contributed by atoms with Crippen molar-refractivity contribution in [2.75, 3.05) is 0 Å². The molecule has 4 nitrogen and oxygen atoms in total. The maximum atomic E-state index is 11.2.